The zero-order chi connectivity index (χ0) is 38.2. The van der Waals surface area contributed by atoms with Crippen molar-refractivity contribution in [1.29, 1.82) is 0 Å². The standard InChI is InChI=1S/C39H51BrN6O8/c1-2-53-36(49)10-9-35(48)43-23-21-42(22-24-43)29-12-16-44(17-13-29)37(50)34(26-27-7-8-33(47)31(40)25-27)54-39(52)45-18-14-30(15-19-45)46-20-11-28-5-3-4-6-32(28)41-38(46)51/h3-8,25,29-30,34,47H,2,9-24,26H2,1H3,(H,41,51)/t34-/m1/s1. The average molecular weight is 812 g/mol. The quantitative estimate of drug-likeness (QED) is 0.336. The van der Waals surface area contributed by atoms with Gasteiger partial charge >= 0.3 is 18.1 Å². The molecule has 6 rings (SSSR count). The zero-order valence-corrected chi connectivity index (χ0v) is 32.5. The first kappa shape index (κ1) is 39.3. The SMILES string of the molecule is CCOC(=O)CCC(=O)N1CCN(C2CCN(C(=O)[C@@H](Cc3ccc(O)c(Br)c3)OC(=O)N3CCC(N4CCc5ccccc5NC4=O)CC3)CC2)CC1. The highest BCUT2D eigenvalue weighted by molar-refractivity contribution is 9.10. The van der Waals surface area contributed by atoms with Gasteiger partial charge in [0, 0.05) is 89.5 Å². The molecule has 1 atom stereocenters. The van der Waals surface area contributed by atoms with Gasteiger partial charge in [-0.25, -0.2) is 9.59 Å². The van der Waals surface area contributed by atoms with E-state index in [0.29, 0.717) is 69.7 Å². The summed E-state index contributed by atoms with van der Waals surface area (Å²) in [7, 11) is 0. The fourth-order valence-corrected chi connectivity index (χ4v) is 8.38. The molecular weight excluding hydrogens is 760 g/mol. The summed E-state index contributed by atoms with van der Waals surface area (Å²) < 4.78 is 11.4. The number of nitrogens with zero attached hydrogens (tertiary/aromatic N) is 5. The molecule has 2 aromatic carbocycles. The van der Waals surface area contributed by atoms with Crippen LogP contribution in [0.4, 0.5) is 15.3 Å². The maximum absolute atomic E-state index is 14.1. The predicted octanol–water partition coefficient (Wildman–Crippen LogP) is 4.24. The van der Waals surface area contributed by atoms with Crippen LogP contribution >= 0.6 is 15.9 Å². The number of phenolic OH excluding ortho intramolecular Hbond substituents is 1. The molecule has 2 aromatic rings. The van der Waals surface area contributed by atoms with Crippen LogP contribution in [0.3, 0.4) is 0 Å². The van der Waals surface area contributed by atoms with Crippen LogP contribution in [-0.2, 0) is 36.7 Å². The highest BCUT2D eigenvalue weighted by Gasteiger charge is 2.37. The van der Waals surface area contributed by atoms with Crippen LogP contribution in [0.15, 0.2) is 46.9 Å². The molecule has 0 aromatic heterocycles. The molecule has 0 unspecified atom stereocenters. The number of hydrogen-bond donors (Lipinski definition) is 2. The fourth-order valence-electron chi connectivity index (χ4n) is 7.96. The second kappa shape index (κ2) is 18.3. The lowest BCUT2D eigenvalue weighted by atomic mass is 10.00. The van der Waals surface area contributed by atoms with Crippen molar-refractivity contribution in [3.8, 4) is 5.75 Å². The van der Waals surface area contributed by atoms with Crippen molar-refractivity contribution in [2.45, 2.75) is 76.5 Å². The number of carbonyl (C=O) groups is 5. The van der Waals surface area contributed by atoms with Gasteiger partial charge in [-0.05, 0) is 84.3 Å². The minimum absolute atomic E-state index is 0.0174. The lowest BCUT2D eigenvalue weighted by Gasteiger charge is -2.43. The molecular formula is C39H51BrN6O8. The fraction of sp³-hybridized carbons (Fsp3) is 0.564. The Bertz CT molecular complexity index is 1670. The molecule has 54 heavy (non-hydrogen) atoms. The van der Waals surface area contributed by atoms with Crippen molar-refractivity contribution in [3.63, 3.8) is 0 Å². The van der Waals surface area contributed by atoms with Gasteiger partial charge in [0.25, 0.3) is 5.91 Å². The summed E-state index contributed by atoms with van der Waals surface area (Å²) in [6.07, 6.45) is 2.27. The van der Waals surface area contributed by atoms with Crippen molar-refractivity contribution < 1.29 is 38.6 Å². The van der Waals surface area contributed by atoms with Crippen molar-refractivity contribution in [2.75, 3.05) is 70.8 Å². The number of fused-ring (bicyclic) bond motifs is 1. The largest absolute Gasteiger partial charge is 0.507 e. The van der Waals surface area contributed by atoms with Crippen LogP contribution in [0.2, 0.25) is 0 Å². The van der Waals surface area contributed by atoms with E-state index in [4.69, 9.17) is 9.47 Å². The summed E-state index contributed by atoms with van der Waals surface area (Å²) in [5, 5.41) is 13.1. The first-order valence-corrected chi connectivity index (χ1v) is 19.9. The highest BCUT2D eigenvalue weighted by atomic mass is 79.9. The van der Waals surface area contributed by atoms with Gasteiger partial charge in [-0.15, -0.1) is 0 Å². The number of rotatable bonds is 10. The highest BCUT2D eigenvalue weighted by Crippen LogP contribution is 2.28. The van der Waals surface area contributed by atoms with Gasteiger partial charge < -0.3 is 39.5 Å². The third-order valence-corrected chi connectivity index (χ3v) is 11.7. The minimum atomic E-state index is -1.05. The Morgan fingerprint density at radius 2 is 1.54 bits per heavy atom. The number of halogens is 1. The Kier molecular flexibility index (Phi) is 13.3. The molecule has 0 saturated carbocycles. The molecule has 4 heterocycles. The molecule has 15 heteroatoms. The number of aromatic hydroxyl groups is 1. The van der Waals surface area contributed by atoms with E-state index in [1.54, 1.807) is 34.9 Å². The lowest BCUT2D eigenvalue weighted by molar-refractivity contribution is -0.146. The Hall–Kier alpha value is -4.37. The second-order valence-corrected chi connectivity index (χ2v) is 15.2. The van der Waals surface area contributed by atoms with Crippen molar-refractivity contribution >= 4 is 51.5 Å². The maximum Gasteiger partial charge on any atom is 0.410 e. The number of ether oxygens (including phenoxy) is 2. The van der Waals surface area contributed by atoms with Crippen molar-refractivity contribution in [1.82, 2.24) is 24.5 Å². The van der Waals surface area contributed by atoms with Gasteiger partial charge in [0.15, 0.2) is 6.10 Å². The second-order valence-electron chi connectivity index (χ2n) is 14.4. The van der Waals surface area contributed by atoms with E-state index in [1.165, 1.54) is 0 Å². The van der Waals surface area contributed by atoms with Gasteiger partial charge in [0.1, 0.15) is 5.75 Å². The molecule has 0 radical (unpaired) electrons. The number of benzene rings is 2. The number of urea groups is 1. The monoisotopic (exact) mass is 810 g/mol. The average Bonchev–Trinajstić information content (AvgIpc) is 3.36. The lowest BCUT2D eigenvalue weighted by Crippen LogP contribution is -2.56. The molecule has 0 spiro atoms. The third-order valence-electron chi connectivity index (χ3n) is 11.1. The molecule has 0 bridgehead atoms. The number of nitrogens with one attached hydrogen (secondary N) is 1. The summed E-state index contributed by atoms with van der Waals surface area (Å²) in [6.45, 7) is 7.14. The summed E-state index contributed by atoms with van der Waals surface area (Å²) in [4.78, 5) is 74.6. The molecule has 2 N–H and O–H groups in total. The van der Waals surface area contributed by atoms with Crippen LogP contribution in [0.5, 0.6) is 5.75 Å². The van der Waals surface area contributed by atoms with Gasteiger partial charge in [-0.3, -0.25) is 19.3 Å². The summed E-state index contributed by atoms with van der Waals surface area (Å²) in [5.41, 5.74) is 2.68. The van der Waals surface area contributed by atoms with Gasteiger partial charge in [-0.1, -0.05) is 24.3 Å². The Morgan fingerprint density at radius 1 is 0.852 bits per heavy atom. The van der Waals surface area contributed by atoms with E-state index in [1.807, 2.05) is 34.1 Å². The number of piperidine rings is 2. The van der Waals surface area contributed by atoms with E-state index in [2.05, 4.69) is 26.1 Å². The van der Waals surface area contributed by atoms with Gasteiger partial charge in [-0.2, -0.15) is 0 Å². The van der Waals surface area contributed by atoms with Crippen molar-refractivity contribution in [2.24, 2.45) is 0 Å². The summed E-state index contributed by atoms with van der Waals surface area (Å²) in [5.74, 6) is -0.568. The Balaban J connectivity index is 1.01. The number of phenols is 1. The number of amides is 5. The van der Waals surface area contributed by atoms with E-state index in [0.717, 1.165) is 49.2 Å². The summed E-state index contributed by atoms with van der Waals surface area (Å²) in [6, 6.07) is 12.9. The summed E-state index contributed by atoms with van der Waals surface area (Å²) >= 11 is 3.36. The molecule has 4 aliphatic heterocycles. The van der Waals surface area contributed by atoms with E-state index in [9.17, 15) is 29.1 Å². The molecule has 0 aliphatic carbocycles. The molecule has 3 saturated heterocycles. The number of hydrogen-bond acceptors (Lipinski definition) is 9. The van der Waals surface area contributed by atoms with Gasteiger partial charge in [0.05, 0.1) is 17.5 Å². The van der Waals surface area contributed by atoms with E-state index in [-0.39, 0.29) is 60.9 Å². The zero-order valence-electron chi connectivity index (χ0n) is 30.9. The molecule has 14 nitrogen and oxygen atoms in total. The van der Waals surface area contributed by atoms with Crippen LogP contribution in [-0.4, -0.2) is 143 Å². The molecule has 3 fully saturated rings. The van der Waals surface area contributed by atoms with Crippen LogP contribution < -0.4 is 5.32 Å². The maximum atomic E-state index is 14.1. The first-order chi connectivity index (χ1) is 26.1. The van der Waals surface area contributed by atoms with Crippen molar-refractivity contribution in [3.05, 3.63) is 58.1 Å². The predicted molar refractivity (Wildman–Crippen MR) is 204 cm³/mol. The van der Waals surface area contributed by atoms with Crippen LogP contribution in [0.25, 0.3) is 0 Å². The number of piperazine rings is 1. The van der Waals surface area contributed by atoms with E-state index >= 15 is 0 Å². The van der Waals surface area contributed by atoms with Gasteiger partial charge in [0.2, 0.25) is 5.91 Å². The number of likely N-dealkylation sites (tertiary alicyclic amines) is 2. The van der Waals surface area contributed by atoms with Crippen LogP contribution in [0.1, 0.15) is 56.6 Å². The molecule has 5 amide bonds. The smallest absolute Gasteiger partial charge is 0.410 e. The third kappa shape index (κ3) is 9.83. The topological polar surface area (TPSA) is 152 Å². The molecule has 292 valence electrons. The van der Waals surface area contributed by atoms with E-state index < -0.39 is 12.2 Å². The van der Waals surface area contributed by atoms with Crippen LogP contribution in [0, 0.1) is 0 Å². The first-order valence-electron chi connectivity index (χ1n) is 19.1. The number of carbonyl (C=O) groups excluding carboxylic acids is 5. The Morgan fingerprint density at radius 3 is 2.24 bits per heavy atom. The minimum Gasteiger partial charge on any atom is -0.507 e. The number of esters is 1. The number of anilines is 1. The molecule has 4 aliphatic rings. The number of para-hydroxylation sites is 1. The normalized spacial score (nSPS) is 19.4. The Labute approximate surface area is 324 Å².